The molecular formula is C88H101N3O9. The zero-order valence-electron chi connectivity index (χ0n) is 60.6. The van der Waals surface area contributed by atoms with Crippen LogP contribution in [0.15, 0.2) is 237 Å². The van der Waals surface area contributed by atoms with Gasteiger partial charge in [-0.25, -0.2) is 0 Å². The second kappa shape index (κ2) is 39.5. The predicted octanol–water partition coefficient (Wildman–Crippen LogP) is 17.9. The van der Waals surface area contributed by atoms with Crippen molar-refractivity contribution in [3.63, 3.8) is 0 Å². The van der Waals surface area contributed by atoms with E-state index in [0.717, 1.165) is 134 Å². The molecule has 0 aromatic heterocycles. The highest BCUT2D eigenvalue weighted by Crippen LogP contribution is 2.36. The Morgan fingerprint density at radius 3 is 0.790 bits per heavy atom. The zero-order valence-corrected chi connectivity index (χ0v) is 60.6. The standard InChI is InChI=1S/C32H39NO3.2C28H31NO3/c1-7-29(25-11-9-8-10-12-25)31(26-15-19-28(20-16-26)36-32(2,3)4)30(34)23-24-13-17-27(18-14-24)35-22-21-33(5)6;2*1-4-26(22-8-6-5-7-9-22)28(23-12-14-24(30)15-13-23)27(31)20-21-10-16-25(17-11-21)32-19-18-29(2)3/h8-20H,7,21-23H2,1-6H3;2*5-17,30H,4,18-20H2,1-3H3/b;28-26+;28-26-. The molecule has 0 radical (unpaired) electrons. The molecule has 0 spiro atoms. The quantitative estimate of drug-likeness (QED) is 0.0316. The molecule has 0 aliphatic rings. The van der Waals surface area contributed by atoms with Crippen LogP contribution in [-0.4, -0.2) is 130 Å². The van der Waals surface area contributed by atoms with Crippen LogP contribution in [0.25, 0.3) is 33.4 Å². The van der Waals surface area contributed by atoms with Crippen LogP contribution in [-0.2, 0) is 33.6 Å². The number of ketones is 3. The van der Waals surface area contributed by atoms with E-state index < -0.39 is 0 Å². The Labute approximate surface area is 594 Å². The molecule has 0 bridgehead atoms. The van der Waals surface area contributed by atoms with Crippen molar-refractivity contribution >= 4 is 50.8 Å². The molecular weight excluding hydrogens is 1240 g/mol. The summed E-state index contributed by atoms with van der Waals surface area (Å²) in [5.74, 6) is 3.78. The number of hydrogen-bond donors (Lipinski definition) is 2. The number of ether oxygens (including phenoxy) is 4. The molecule has 0 saturated carbocycles. The van der Waals surface area contributed by atoms with Crippen molar-refractivity contribution in [2.45, 2.75) is 85.7 Å². The lowest BCUT2D eigenvalue weighted by atomic mass is 9.88. The van der Waals surface area contributed by atoms with Gasteiger partial charge in [-0.15, -0.1) is 0 Å². The molecule has 0 atom stereocenters. The molecule has 0 unspecified atom stereocenters. The molecule has 100 heavy (non-hydrogen) atoms. The largest absolute Gasteiger partial charge is 0.508 e. The van der Waals surface area contributed by atoms with Crippen LogP contribution in [0.5, 0.6) is 34.5 Å². The third-order valence-corrected chi connectivity index (χ3v) is 16.3. The van der Waals surface area contributed by atoms with E-state index >= 15 is 0 Å². The van der Waals surface area contributed by atoms with Crippen LogP contribution in [0.2, 0.25) is 0 Å². The van der Waals surface area contributed by atoms with Crippen LogP contribution >= 0.6 is 0 Å². The van der Waals surface area contributed by atoms with Crippen LogP contribution < -0.4 is 18.9 Å². The Bertz CT molecular complexity index is 3890. The summed E-state index contributed by atoms with van der Waals surface area (Å²) in [5, 5.41) is 19.5. The number of rotatable bonds is 31. The molecule has 12 nitrogen and oxygen atoms in total. The highest BCUT2D eigenvalue weighted by Gasteiger charge is 2.23. The number of likely N-dealkylation sites (N-methyl/N-ethyl adjacent to an activating group) is 3. The van der Waals surface area contributed by atoms with Crippen molar-refractivity contribution in [3.05, 3.63) is 287 Å². The maximum absolute atomic E-state index is 13.8. The first kappa shape index (κ1) is 77.2. The summed E-state index contributed by atoms with van der Waals surface area (Å²) < 4.78 is 23.3. The number of Topliss-reactive ketones (excluding diaryl/α,β-unsaturated/α-hetero) is 3. The summed E-state index contributed by atoms with van der Waals surface area (Å²) in [6, 6.07) is 75.1. The lowest BCUT2D eigenvalue weighted by Crippen LogP contribution is -2.22. The van der Waals surface area contributed by atoms with Crippen LogP contribution in [0.4, 0.5) is 0 Å². The number of benzene rings is 9. The number of phenolic OH excluding ortho intramolecular Hbond substituents is 2. The number of hydrogen-bond acceptors (Lipinski definition) is 12. The summed E-state index contributed by atoms with van der Waals surface area (Å²) >= 11 is 0. The van der Waals surface area contributed by atoms with E-state index in [-0.39, 0.29) is 34.4 Å². The van der Waals surface area contributed by atoms with Gasteiger partial charge in [0.2, 0.25) is 0 Å². The summed E-state index contributed by atoms with van der Waals surface area (Å²) in [5.41, 5.74) is 13.5. The van der Waals surface area contributed by atoms with Gasteiger partial charge in [0.1, 0.15) is 59.9 Å². The van der Waals surface area contributed by atoms with Crippen molar-refractivity contribution < 1.29 is 43.5 Å². The van der Waals surface area contributed by atoms with Crippen molar-refractivity contribution in [2.24, 2.45) is 0 Å². The smallest absolute Gasteiger partial charge is 0.168 e. The minimum absolute atomic E-state index is 0.0534. The second-order valence-electron chi connectivity index (χ2n) is 26.2. The number of nitrogens with zero attached hydrogens (tertiary/aromatic N) is 3. The van der Waals surface area contributed by atoms with Gasteiger partial charge in [0.05, 0.1) is 0 Å². The number of phenols is 2. The number of allylic oxidation sites excluding steroid dienone is 6. The van der Waals surface area contributed by atoms with E-state index in [1.165, 1.54) is 0 Å². The lowest BCUT2D eigenvalue weighted by molar-refractivity contribution is -0.113. The molecule has 0 saturated heterocycles. The molecule has 9 rings (SSSR count). The van der Waals surface area contributed by atoms with Crippen LogP contribution in [0, 0.1) is 0 Å². The van der Waals surface area contributed by atoms with Crippen LogP contribution in [0.1, 0.15) is 111 Å². The SMILES string of the molecule is CC/C(=C(/C(=O)Cc1ccc(OCCN(C)C)cc1)c1ccc(O)cc1)c1ccccc1.CC/C(=C(\C(=O)Cc1ccc(OCCN(C)C)cc1)c1ccc(O)cc1)c1ccccc1.CCC(=C(C(=O)Cc1ccc(OCCN(C)C)cc1)c1ccc(OC(C)(C)C)cc1)c1ccccc1. The predicted molar refractivity (Wildman–Crippen MR) is 411 cm³/mol. The van der Waals surface area contributed by atoms with Gasteiger partial charge >= 0.3 is 0 Å². The van der Waals surface area contributed by atoms with Crippen molar-refractivity contribution in [3.8, 4) is 34.5 Å². The minimum atomic E-state index is -0.281. The first-order valence-electron chi connectivity index (χ1n) is 34.5. The summed E-state index contributed by atoms with van der Waals surface area (Å²) in [6.07, 6.45) is 3.12. The first-order valence-corrected chi connectivity index (χ1v) is 34.5. The third-order valence-electron chi connectivity index (χ3n) is 16.3. The van der Waals surface area contributed by atoms with Gasteiger partial charge in [0.15, 0.2) is 17.3 Å². The molecule has 9 aromatic rings. The molecule has 0 aliphatic carbocycles. The van der Waals surface area contributed by atoms with Gasteiger partial charge in [-0.3, -0.25) is 14.4 Å². The normalized spacial score (nSPS) is 12.0. The maximum Gasteiger partial charge on any atom is 0.168 e. The van der Waals surface area contributed by atoms with E-state index in [9.17, 15) is 24.6 Å². The topological polar surface area (TPSA) is 138 Å². The van der Waals surface area contributed by atoms with Gasteiger partial charge in [-0.05, 0) is 222 Å². The van der Waals surface area contributed by atoms with Crippen LogP contribution in [0.3, 0.4) is 0 Å². The Kier molecular flexibility index (Phi) is 30.5. The van der Waals surface area contributed by atoms with Gasteiger partial charge in [0, 0.05) is 55.6 Å². The number of carbonyl (C=O) groups excluding carboxylic acids is 3. The number of aromatic hydroxyl groups is 2. The van der Waals surface area contributed by atoms with Gasteiger partial charge in [0.25, 0.3) is 0 Å². The fourth-order valence-corrected chi connectivity index (χ4v) is 11.3. The third kappa shape index (κ3) is 25.0. The molecule has 0 heterocycles. The average Bonchev–Trinajstić information content (AvgIpc) is 0.822. The molecule has 9 aromatic carbocycles. The molecule has 0 amide bonds. The van der Waals surface area contributed by atoms with E-state index in [1.807, 2.05) is 263 Å². The monoisotopic (exact) mass is 1340 g/mol. The molecule has 0 aliphatic heterocycles. The highest BCUT2D eigenvalue weighted by molar-refractivity contribution is 6.30. The molecule has 12 heteroatoms. The van der Waals surface area contributed by atoms with Gasteiger partial charge in [-0.1, -0.05) is 185 Å². The van der Waals surface area contributed by atoms with Crippen molar-refractivity contribution in [2.75, 3.05) is 81.7 Å². The lowest BCUT2D eigenvalue weighted by Gasteiger charge is -2.21. The van der Waals surface area contributed by atoms with E-state index in [4.69, 9.17) is 18.9 Å². The van der Waals surface area contributed by atoms with Crippen molar-refractivity contribution in [1.82, 2.24) is 14.7 Å². The Morgan fingerprint density at radius 2 is 0.560 bits per heavy atom. The Hall–Kier alpha value is -10.1. The second-order valence-corrected chi connectivity index (χ2v) is 26.2. The summed E-state index contributed by atoms with van der Waals surface area (Å²) in [7, 11) is 12.1. The van der Waals surface area contributed by atoms with Gasteiger partial charge < -0.3 is 43.9 Å². The van der Waals surface area contributed by atoms with E-state index in [0.29, 0.717) is 50.2 Å². The van der Waals surface area contributed by atoms with Crippen molar-refractivity contribution in [1.29, 1.82) is 0 Å². The average molecular weight is 1340 g/mol. The first-order chi connectivity index (χ1) is 48.1. The Balaban J connectivity index is 0.000000211. The zero-order chi connectivity index (χ0) is 72.0. The molecule has 522 valence electrons. The number of carbonyl (C=O) groups is 3. The maximum atomic E-state index is 13.8. The van der Waals surface area contributed by atoms with E-state index in [2.05, 4.69) is 47.6 Å². The Morgan fingerprint density at radius 1 is 0.320 bits per heavy atom. The summed E-state index contributed by atoms with van der Waals surface area (Å²) in [4.78, 5) is 47.1. The summed E-state index contributed by atoms with van der Waals surface area (Å²) in [6.45, 7) is 16.7. The molecule has 2 N–H and O–H groups in total. The highest BCUT2D eigenvalue weighted by atomic mass is 16.5. The fraction of sp³-hybridized carbons (Fsp3) is 0.284. The fourth-order valence-electron chi connectivity index (χ4n) is 11.3. The minimum Gasteiger partial charge on any atom is -0.508 e. The molecule has 0 fully saturated rings. The van der Waals surface area contributed by atoms with E-state index in [1.54, 1.807) is 24.3 Å². The van der Waals surface area contributed by atoms with Gasteiger partial charge in [-0.2, -0.15) is 0 Å².